The first-order valence-corrected chi connectivity index (χ1v) is 8.42. The summed E-state index contributed by atoms with van der Waals surface area (Å²) in [4.78, 5) is 6.94. The SMILES string of the molecule is CN=C(NCCCCN1CCCCC1C)NC1CC1C.I. The minimum atomic E-state index is 0. The summed E-state index contributed by atoms with van der Waals surface area (Å²) < 4.78 is 0. The number of guanidine groups is 1. The number of aliphatic imine (C=N–C) groups is 1. The first-order valence-electron chi connectivity index (χ1n) is 8.42. The number of unbranched alkanes of at least 4 members (excludes halogenated alkanes) is 1. The smallest absolute Gasteiger partial charge is 0.191 e. The monoisotopic (exact) mass is 408 g/mol. The highest BCUT2D eigenvalue weighted by Gasteiger charge is 2.33. The lowest BCUT2D eigenvalue weighted by molar-refractivity contribution is 0.158. The molecular formula is C16H33IN4. The molecule has 0 aromatic carbocycles. The average Bonchev–Trinajstić information content (AvgIpc) is 3.14. The van der Waals surface area contributed by atoms with Crippen molar-refractivity contribution in [3.05, 3.63) is 0 Å². The number of halogens is 1. The Balaban J connectivity index is 0.00000220. The number of piperidine rings is 1. The predicted octanol–water partition coefficient (Wildman–Crippen LogP) is 2.83. The van der Waals surface area contributed by atoms with Crippen LogP contribution in [0.1, 0.15) is 52.4 Å². The highest BCUT2D eigenvalue weighted by Crippen LogP contribution is 2.28. The zero-order valence-electron chi connectivity index (χ0n) is 13.9. The molecule has 0 bridgehead atoms. The zero-order chi connectivity index (χ0) is 14.4. The second-order valence-electron chi connectivity index (χ2n) is 6.55. The lowest BCUT2D eigenvalue weighted by Crippen LogP contribution is -2.40. The first kappa shape index (κ1) is 19.0. The molecule has 21 heavy (non-hydrogen) atoms. The molecular weight excluding hydrogens is 375 g/mol. The number of nitrogens with one attached hydrogen (secondary N) is 2. The van der Waals surface area contributed by atoms with Crippen molar-refractivity contribution < 1.29 is 0 Å². The Kier molecular flexibility index (Phi) is 8.94. The van der Waals surface area contributed by atoms with Crippen molar-refractivity contribution in [1.82, 2.24) is 15.5 Å². The molecule has 0 aromatic heterocycles. The maximum atomic E-state index is 4.29. The largest absolute Gasteiger partial charge is 0.356 e. The summed E-state index contributed by atoms with van der Waals surface area (Å²) >= 11 is 0. The van der Waals surface area contributed by atoms with Gasteiger partial charge in [-0.3, -0.25) is 4.99 Å². The molecule has 2 rings (SSSR count). The Morgan fingerprint density at radius 2 is 2.00 bits per heavy atom. The molecule has 0 amide bonds. The van der Waals surface area contributed by atoms with Crippen molar-refractivity contribution in [2.24, 2.45) is 10.9 Å². The van der Waals surface area contributed by atoms with E-state index in [0.29, 0.717) is 6.04 Å². The third-order valence-electron chi connectivity index (χ3n) is 4.76. The molecule has 2 fully saturated rings. The summed E-state index contributed by atoms with van der Waals surface area (Å²) in [5.74, 6) is 1.79. The molecule has 3 unspecified atom stereocenters. The van der Waals surface area contributed by atoms with Crippen LogP contribution in [0, 0.1) is 5.92 Å². The molecule has 0 spiro atoms. The number of likely N-dealkylation sites (tertiary alicyclic amines) is 1. The van der Waals surface area contributed by atoms with Gasteiger partial charge in [0, 0.05) is 25.7 Å². The Morgan fingerprint density at radius 3 is 2.62 bits per heavy atom. The highest BCUT2D eigenvalue weighted by atomic mass is 127. The van der Waals surface area contributed by atoms with Gasteiger partial charge in [-0.25, -0.2) is 0 Å². The highest BCUT2D eigenvalue weighted by molar-refractivity contribution is 14.0. The third kappa shape index (κ3) is 6.72. The van der Waals surface area contributed by atoms with Crippen LogP contribution in [0.5, 0.6) is 0 Å². The molecule has 2 N–H and O–H groups in total. The van der Waals surface area contributed by atoms with E-state index in [9.17, 15) is 0 Å². The average molecular weight is 408 g/mol. The molecule has 0 aromatic rings. The molecule has 5 heteroatoms. The molecule has 124 valence electrons. The van der Waals surface area contributed by atoms with Crippen LogP contribution in [-0.2, 0) is 0 Å². The van der Waals surface area contributed by atoms with Crippen LogP contribution in [0.4, 0.5) is 0 Å². The maximum Gasteiger partial charge on any atom is 0.191 e. The first-order chi connectivity index (χ1) is 9.70. The normalized spacial score (nSPS) is 29.7. The van der Waals surface area contributed by atoms with E-state index in [1.807, 2.05) is 7.05 Å². The molecule has 0 radical (unpaired) electrons. The van der Waals surface area contributed by atoms with Crippen LogP contribution in [-0.4, -0.2) is 49.6 Å². The number of rotatable bonds is 6. The fraction of sp³-hybridized carbons (Fsp3) is 0.938. The summed E-state index contributed by atoms with van der Waals surface area (Å²) in [5, 5.41) is 6.90. The van der Waals surface area contributed by atoms with E-state index in [0.717, 1.165) is 24.5 Å². The van der Waals surface area contributed by atoms with Gasteiger partial charge in [-0.05, 0) is 58.0 Å². The van der Waals surface area contributed by atoms with Gasteiger partial charge in [0.1, 0.15) is 0 Å². The molecule has 2 aliphatic rings. The third-order valence-corrected chi connectivity index (χ3v) is 4.76. The van der Waals surface area contributed by atoms with Crippen LogP contribution in [0.2, 0.25) is 0 Å². The maximum absolute atomic E-state index is 4.29. The van der Waals surface area contributed by atoms with Gasteiger partial charge in [-0.15, -0.1) is 24.0 Å². The van der Waals surface area contributed by atoms with Crippen LogP contribution in [0.3, 0.4) is 0 Å². The van der Waals surface area contributed by atoms with Gasteiger partial charge in [0.25, 0.3) is 0 Å². The Bertz CT molecular complexity index is 321. The standard InChI is InChI=1S/C16H32N4.HI/c1-13-12-15(13)19-16(17-3)18-9-5-7-11-20-10-6-4-8-14(20)2;/h13-15H,4-12H2,1-3H3,(H2,17,18,19);1H. The lowest BCUT2D eigenvalue weighted by Gasteiger charge is -2.33. The van der Waals surface area contributed by atoms with E-state index >= 15 is 0 Å². The van der Waals surface area contributed by atoms with E-state index in [1.54, 1.807) is 0 Å². The van der Waals surface area contributed by atoms with E-state index in [-0.39, 0.29) is 24.0 Å². The Labute approximate surface area is 147 Å². The van der Waals surface area contributed by atoms with E-state index in [1.165, 1.54) is 51.6 Å². The fourth-order valence-corrected chi connectivity index (χ4v) is 3.03. The molecule has 1 aliphatic heterocycles. The molecule has 1 saturated carbocycles. The van der Waals surface area contributed by atoms with Crippen molar-refractivity contribution >= 4 is 29.9 Å². The summed E-state index contributed by atoms with van der Waals surface area (Å²) in [6.45, 7) is 8.25. The summed E-state index contributed by atoms with van der Waals surface area (Å²) in [5.41, 5.74) is 0. The summed E-state index contributed by atoms with van der Waals surface area (Å²) in [6.07, 6.45) is 7.99. The minimum absolute atomic E-state index is 0. The zero-order valence-corrected chi connectivity index (χ0v) is 16.2. The number of hydrogen-bond donors (Lipinski definition) is 2. The second kappa shape index (κ2) is 9.87. The minimum Gasteiger partial charge on any atom is -0.356 e. The number of hydrogen-bond acceptors (Lipinski definition) is 2. The van der Waals surface area contributed by atoms with Crippen LogP contribution < -0.4 is 10.6 Å². The van der Waals surface area contributed by atoms with E-state index in [2.05, 4.69) is 34.4 Å². The predicted molar refractivity (Wildman–Crippen MR) is 102 cm³/mol. The van der Waals surface area contributed by atoms with Gasteiger partial charge in [-0.2, -0.15) is 0 Å². The van der Waals surface area contributed by atoms with Crippen LogP contribution in [0.15, 0.2) is 4.99 Å². The van der Waals surface area contributed by atoms with Crippen LogP contribution in [0.25, 0.3) is 0 Å². The van der Waals surface area contributed by atoms with Crippen molar-refractivity contribution in [3.8, 4) is 0 Å². The van der Waals surface area contributed by atoms with E-state index in [4.69, 9.17) is 0 Å². The van der Waals surface area contributed by atoms with Crippen molar-refractivity contribution in [1.29, 1.82) is 0 Å². The summed E-state index contributed by atoms with van der Waals surface area (Å²) in [6, 6.07) is 1.44. The quantitative estimate of drug-likeness (QED) is 0.307. The molecule has 3 atom stereocenters. The second-order valence-corrected chi connectivity index (χ2v) is 6.55. The Morgan fingerprint density at radius 1 is 1.24 bits per heavy atom. The van der Waals surface area contributed by atoms with E-state index < -0.39 is 0 Å². The van der Waals surface area contributed by atoms with Crippen molar-refractivity contribution in [3.63, 3.8) is 0 Å². The van der Waals surface area contributed by atoms with Gasteiger partial charge >= 0.3 is 0 Å². The Hall–Kier alpha value is -0.0400. The summed E-state index contributed by atoms with van der Waals surface area (Å²) in [7, 11) is 1.86. The lowest BCUT2D eigenvalue weighted by atomic mass is 10.0. The van der Waals surface area contributed by atoms with Gasteiger partial charge in [0.15, 0.2) is 5.96 Å². The van der Waals surface area contributed by atoms with Gasteiger partial charge in [-0.1, -0.05) is 13.3 Å². The molecule has 1 saturated heterocycles. The van der Waals surface area contributed by atoms with Gasteiger partial charge < -0.3 is 15.5 Å². The van der Waals surface area contributed by atoms with Crippen molar-refractivity contribution in [2.45, 2.75) is 64.5 Å². The van der Waals surface area contributed by atoms with Crippen molar-refractivity contribution in [2.75, 3.05) is 26.7 Å². The molecule has 4 nitrogen and oxygen atoms in total. The van der Waals surface area contributed by atoms with Gasteiger partial charge in [0.2, 0.25) is 0 Å². The number of nitrogens with zero attached hydrogens (tertiary/aromatic N) is 2. The molecule has 1 aliphatic carbocycles. The topological polar surface area (TPSA) is 39.7 Å². The fourth-order valence-electron chi connectivity index (χ4n) is 3.03. The van der Waals surface area contributed by atoms with Crippen LogP contribution >= 0.6 is 24.0 Å². The molecule has 1 heterocycles. The van der Waals surface area contributed by atoms with Gasteiger partial charge in [0.05, 0.1) is 0 Å².